The van der Waals surface area contributed by atoms with Crippen molar-refractivity contribution < 1.29 is 14.3 Å². The summed E-state index contributed by atoms with van der Waals surface area (Å²) < 4.78 is 11.6. The van der Waals surface area contributed by atoms with Crippen molar-refractivity contribution in [3.05, 3.63) is 23.8 Å². The van der Waals surface area contributed by atoms with E-state index < -0.39 is 5.60 Å². The molecule has 0 atom stereocenters. The number of hydrogen-bond donors (Lipinski definition) is 0. The van der Waals surface area contributed by atoms with Crippen molar-refractivity contribution in [1.82, 2.24) is 0 Å². The first kappa shape index (κ1) is 14.9. The van der Waals surface area contributed by atoms with Crippen molar-refractivity contribution >= 4 is 5.78 Å². The highest BCUT2D eigenvalue weighted by molar-refractivity contribution is 6.00. The van der Waals surface area contributed by atoms with Gasteiger partial charge in [-0.15, -0.1) is 0 Å². The van der Waals surface area contributed by atoms with Crippen LogP contribution in [0.2, 0.25) is 0 Å². The zero-order valence-corrected chi connectivity index (χ0v) is 12.7. The van der Waals surface area contributed by atoms with E-state index >= 15 is 0 Å². The molecule has 2 rings (SSSR count). The highest BCUT2D eigenvalue weighted by Gasteiger charge is 2.32. The molecule has 0 fully saturated rings. The number of hydrogen-bond acceptors (Lipinski definition) is 3. The van der Waals surface area contributed by atoms with Crippen molar-refractivity contribution in [1.29, 1.82) is 0 Å². The van der Waals surface area contributed by atoms with Gasteiger partial charge in [-0.25, -0.2) is 0 Å². The lowest BCUT2D eigenvalue weighted by atomic mass is 9.93. The van der Waals surface area contributed by atoms with Crippen molar-refractivity contribution in [2.75, 3.05) is 6.61 Å². The van der Waals surface area contributed by atoms with Crippen LogP contribution >= 0.6 is 0 Å². The van der Waals surface area contributed by atoms with Crippen molar-refractivity contribution in [2.45, 2.75) is 58.5 Å². The molecule has 1 aliphatic heterocycles. The van der Waals surface area contributed by atoms with Gasteiger partial charge in [-0.1, -0.05) is 26.2 Å². The summed E-state index contributed by atoms with van der Waals surface area (Å²) in [7, 11) is 0. The number of Topliss-reactive ketones (excluding diaryl/α,β-unsaturated/α-hetero) is 1. The number of unbranched alkanes of at least 4 members (excludes halogenated alkanes) is 3. The number of fused-ring (bicyclic) bond motifs is 1. The molecule has 1 aromatic carbocycles. The third-order valence-corrected chi connectivity index (χ3v) is 3.49. The predicted molar refractivity (Wildman–Crippen MR) is 79.7 cm³/mol. The molecule has 1 heterocycles. The van der Waals surface area contributed by atoms with E-state index in [9.17, 15) is 4.79 Å². The van der Waals surface area contributed by atoms with Gasteiger partial charge in [0, 0.05) is 6.07 Å². The summed E-state index contributed by atoms with van der Waals surface area (Å²) in [5, 5.41) is 0. The molecule has 3 nitrogen and oxygen atoms in total. The highest BCUT2D eigenvalue weighted by atomic mass is 16.5. The monoisotopic (exact) mass is 276 g/mol. The van der Waals surface area contributed by atoms with Gasteiger partial charge in [-0.3, -0.25) is 4.79 Å². The molecule has 0 radical (unpaired) electrons. The maximum atomic E-state index is 12.0. The van der Waals surface area contributed by atoms with Crippen LogP contribution in [0.15, 0.2) is 18.2 Å². The molecule has 0 aliphatic carbocycles. The molecule has 0 saturated carbocycles. The van der Waals surface area contributed by atoms with Gasteiger partial charge < -0.3 is 9.47 Å². The third-order valence-electron chi connectivity index (χ3n) is 3.49. The Morgan fingerprint density at radius 3 is 2.80 bits per heavy atom. The van der Waals surface area contributed by atoms with Gasteiger partial charge in [0.1, 0.15) is 17.1 Å². The molecule has 3 heteroatoms. The second-order valence-corrected chi connectivity index (χ2v) is 6.03. The molecular formula is C17H24O3. The lowest BCUT2D eigenvalue weighted by molar-refractivity contribution is 0.0618. The van der Waals surface area contributed by atoms with Crippen molar-refractivity contribution in [2.24, 2.45) is 0 Å². The van der Waals surface area contributed by atoms with E-state index in [4.69, 9.17) is 9.47 Å². The Balaban J connectivity index is 1.99. The molecule has 0 spiro atoms. The number of carbonyl (C=O) groups is 1. The molecule has 0 aromatic heterocycles. The minimum Gasteiger partial charge on any atom is -0.493 e. The van der Waals surface area contributed by atoms with Crippen LogP contribution in [-0.2, 0) is 0 Å². The predicted octanol–water partition coefficient (Wildman–Crippen LogP) is 4.39. The van der Waals surface area contributed by atoms with Crippen molar-refractivity contribution in [3.63, 3.8) is 0 Å². The Morgan fingerprint density at radius 2 is 2.05 bits per heavy atom. The second kappa shape index (κ2) is 6.29. The first-order valence-corrected chi connectivity index (χ1v) is 7.51. The summed E-state index contributed by atoms with van der Waals surface area (Å²) in [6.07, 6.45) is 5.17. The second-order valence-electron chi connectivity index (χ2n) is 6.03. The Bertz CT molecular complexity index is 477. The average Bonchev–Trinajstić information content (AvgIpc) is 2.36. The van der Waals surface area contributed by atoms with E-state index in [0.29, 0.717) is 17.7 Å². The topological polar surface area (TPSA) is 35.5 Å². The summed E-state index contributed by atoms with van der Waals surface area (Å²) >= 11 is 0. The lowest BCUT2D eigenvalue weighted by Gasteiger charge is -2.31. The van der Waals surface area contributed by atoms with Crippen LogP contribution in [0.1, 0.15) is 63.2 Å². The molecule has 0 saturated heterocycles. The first-order chi connectivity index (χ1) is 9.52. The summed E-state index contributed by atoms with van der Waals surface area (Å²) in [4.78, 5) is 12.0. The van der Waals surface area contributed by atoms with Crippen LogP contribution in [0.3, 0.4) is 0 Å². The Kier molecular flexibility index (Phi) is 4.69. The Morgan fingerprint density at radius 1 is 1.25 bits per heavy atom. The molecule has 1 aromatic rings. The van der Waals surface area contributed by atoms with Crippen LogP contribution in [0.4, 0.5) is 0 Å². The molecule has 20 heavy (non-hydrogen) atoms. The fourth-order valence-electron chi connectivity index (χ4n) is 2.44. The Labute approximate surface area is 121 Å². The maximum absolute atomic E-state index is 12.0. The molecule has 0 N–H and O–H groups in total. The fourth-order valence-corrected chi connectivity index (χ4v) is 2.44. The standard InChI is InChI=1S/C17H24O3/c1-4-5-6-7-10-19-13-8-9-14-15(18)12-17(2,3)20-16(14)11-13/h8-9,11H,4-7,10,12H2,1-3H3. The number of ketones is 1. The van der Waals surface area contributed by atoms with Gasteiger partial charge >= 0.3 is 0 Å². The van der Waals surface area contributed by atoms with Crippen LogP contribution < -0.4 is 9.47 Å². The number of rotatable bonds is 6. The summed E-state index contributed by atoms with van der Waals surface area (Å²) in [5.41, 5.74) is 0.242. The third kappa shape index (κ3) is 3.75. The largest absolute Gasteiger partial charge is 0.493 e. The van der Waals surface area contributed by atoms with Gasteiger partial charge in [-0.2, -0.15) is 0 Å². The summed E-state index contributed by atoms with van der Waals surface area (Å²) in [6.45, 7) is 6.79. The van der Waals surface area contributed by atoms with E-state index in [1.54, 1.807) is 0 Å². The maximum Gasteiger partial charge on any atom is 0.170 e. The number of benzene rings is 1. The van der Waals surface area contributed by atoms with Crippen LogP contribution in [0.25, 0.3) is 0 Å². The molecule has 0 unspecified atom stereocenters. The van der Waals surface area contributed by atoms with Gasteiger partial charge in [0.05, 0.1) is 18.6 Å². The number of carbonyl (C=O) groups excluding carboxylic acids is 1. The zero-order valence-electron chi connectivity index (χ0n) is 12.7. The molecular weight excluding hydrogens is 252 g/mol. The van der Waals surface area contributed by atoms with Crippen molar-refractivity contribution in [3.8, 4) is 11.5 Å². The van der Waals surface area contributed by atoms with E-state index in [1.165, 1.54) is 19.3 Å². The van der Waals surface area contributed by atoms with Gasteiger partial charge in [0.2, 0.25) is 0 Å². The minimum absolute atomic E-state index is 0.144. The smallest absolute Gasteiger partial charge is 0.170 e. The summed E-state index contributed by atoms with van der Waals surface area (Å²) in [5.74, 6) is 1.58. The molecule has 0 bridgehead atoms. The molecule has 0 amide bonds. The van der Waals surface area contributed by atoms with E-state index in [0.717, 1.165) is 18.8 Å². The fraction of sp³-hybridized carbons (Fsp3) is 0.588. The van der Waals surface area contributed by atoms with Crippen LogP contribution in [0.5, 0.6) is 11.5 Å². The van der Waals surface area contributed by atoms with E-state index in [1.807, 2.05) is 32.0 Å². The molecule has 1 aliphatic rings. The average molecular weight is 276 g/mol. The minimum atomic E-state index is -0.427. The summed E-state index contributed by atoms with van der Waals surface area (Å²) in [6, 6.07) is 5.51. The zero-order chi connectivity index (χ0) is 14.6. The van der Waals surface area contributed by atoms with Gasteiger partial charge in [0.15, 0.2) is 5.78 Å². The SMILES string of the molecule is CCCCCCOc1ccc2c(c1)OC(C)(C)CC2=O. The quantitative estimate of drug-likeness (QED) is 0.723. The van der Waals surface area contributed by atoms with E-state index in [-0.39, 0.29) is 5.78 Å². The lowest BCUT2D eigenvalue weighted by Crippen LogP contribution is -2.35. The van der Waals surface area contributed by atoms with Crippen LogP contribution in [-0.4, -0.2) is 18.0 Å². The Hall–Kier alpha value is -1.51. The normalized spacial score (nSPS) is 16.4. The van der Waals surface area contributed by atoms with E-state index in [2.05, 4.69) is 6.92 Å². The van der Waals surface area contributed by atoms with Gasteiger partial charge in [-0.05, 0) is 32.4 Å². The van der Waals surface area contributed by atoms with Gasteiger partial charge in [0.25, 0.3) is 0 Å². The highest BCUT2D eigenvalue weighted by Crippen LogP contribution is 2.35. The first-order valence-electron chi connectivity index (χ1n) is 7.51. The molecule has 110 valence electrons. The number of ether oxygens (including phenoxy) is 2. The van der Waals surface area contributed by atoms with Crippen LogP contribution in [0, 0.1) is 0 Å².